The molecule has 0 aliphatic heterocycles. The van der Waals surface area contributed by atoms with Crippen molar-refractivity contribution in [2.45, 2.75) is 19.3 Å². The maximum absolute atomic E-state index is 5.36. The highest BCUT2D eigenvalue weighted by Gasteiger charge is 2.10. The fourth-order valence-corrected chi connectivity index (χ4v) is 1.57. The molecule has 0 fully saturated rings. The van der Waals surface area contributed by atoms with Crippen LogP contribution in [0.3, 0.4) is 0 Å². The summed E-state index contributed by atoms with van der Waals surface area (Å²) in [7, 11) is 0. The van der Waals surface area contributed by atoms with E-state index in [4.69, 9.17) is 4.74 Å². The van der Waals surface area contributed by atoms with E-state index in [0.29, 0.717) is 5.92 Å². The first-order valence-corrected chi connectivity index (χ1v) is 5.30. The molecule has 14 heavy (non-hydrogen) atoms. The molecule has 0 saturated carbocycles. The lowest BCUT2D eigenvalue weighted by Crippen LogP contribution is -2.53. The number of hydrogen-bond donors (Lipinski definition) is 1. The van der Waals surface area contributed by atoms with Crippen LogP contribution < -0.4 is 5.73 Å². The summed E-state index contributed by atoms with van der Waals surface area (Å²) in [6, 6.07) is 10.5. The summed E-state index contributed by atoms with van der Waals surface area (Å²) >= 11 is 0. The Balaban J connectivity index is 2.46. The van der Waals surface area contributed by atoms with Gasteiger partial charge in [0.25, 0.3) is 0 Å². The summed E-state index contributed by atoms with van der Waals surface area (Å²) in [5.41, 5.74) is 5.36. The molecule has 1 aromatic carbocycles. The van der Waals surface area contributed by atoms with Gasteiger partial charge in [-0.15, -0.1) is 0 Å². The van der Waals surface area contributed by atoms with Gasteiger partial charge in [-0.25, -0.2) is 0 Å². The Morgan fingerprint density at radius 1 is 1.29 bits per heavy atom. The molecule has 0 heterocycles. The molecule has 1 rings (SSSR count). The minimum Gasteiger partial charge on any atom is -0.382 e. The zero-order valence-corrected chi connectivity index (χ0v) is 8.91. The highest BCUT2D eigenvalue weighted by Crippen LogP contribution is 2.17. The lowest BCUT2D eigenvalue weighted by Gasteiger charge is -2.12. The van der Waals surface area contributed by atoms with E-state index < -0.39 is 0 Å². The summed E-state index contributed by atoms with van der Waals surface area (Å²) in [6.07, 6.45) is 1.07. The zero-order chi connectivity index (χ0) is 10.2. The molecule has 1 aromatic rings. The molecule has 0 aliphatic carbocycles. The molecule has 0 unspecified atom stereocenters. The average molecular weight is 194 g/mol. The van der Waals surface area contributed by atoms with Crippen molar-refractivity contribution < 1.29 is 10.5 Å². The van der Waals surface area contributed by atoms with E-state index in [-0.39, 0.29) is 0 Å². The maximum atomic E-state index is 5.36. The van der Waals surface area contributed by atoms with Gasteiger partial charge in [-0.05, 0) is 18.9 Å². The molecule has 2 nitrogen and oxygen atoms in total. The summed E-state index contributed by atoms with van der Waals surface area (Å²) in [4.78, 5) is 0. The Labute approximate surface area is 86.1 Å². The summed E-state index contributed by atoms with van der Waals surface area (Å²) in [6.45, 7) is 4.61. The molecule has 0 amide bonds. The largest absolute Gasteiger partial charge is 0.382 e. The maximum Gasteiger partial charge on any atom is 0.0810 e. The van der Waals surface area contributed by atoms with Gasteiger partial charge >= 0.3 is 0 Å². The van der Waals surface area contributed by atoms with Crippen LogP contribution in [-0.2, 0) is 4.74 Å². The second kappa shape index (κ2) is 6.57. The third-order valence-electron chi connectivity index (χ3n) is 2.43. The number of ether oxygens (including phenoxy) is 1. The van der Waals surface area contributed by atoms with Gasteiger partial charge in [0.1, 0.15) is 0 Å². The van der Waals surface area contributed by atoms with Crippen LogP contribution in [0.1, 0.15) is 24.8 Å². The van der Waals surface area contributed by atoms with Crippen LogP contribution in [0.2, 0.25) is 0 Å². The highest BCUT2D eigenvalue weighted by molar-refractivity contribution is 5.19. The van der Waals surface area contributed by atoms with Crippen LogP contribution in [0.15, 0.2) is 30.3 Å². The van der Waals surface area contributed by atoms with Crippen molar-refractivity contribution in [2.24, 2.45) is 0 Å². The van der Waals surface area contributed by atoms with E-state index in [0.717, 1.165) is 26.2 Å². The lowest BCUT2D eigenvalue weighted by atomic mass is 9.96. The second-order valence-corrected chi connectivity index (χ2v) is 3.38. The van der Waals surface area contributed by atoms with E-state index >= 15 is 0 Å². The van der Waals surface area contributed by atoms with Gasteiger partial charge in [0.15, 0.2) is 0 Å². The van der Waals surface area contributed by atoms with E-state index in [1.54, 1.807) is 0 Å². The Bertz CT molecular complexity index is 235. The van der Waals surface area contributed by atoms with Gasteiger partial charge in [0.05, 0.1) is 6.54 Å². The summed E-state index contributed by atoms with van der Waals surface area (Å²) in [5, 5.41) is 0. The number of benzene rings is 1. The van der Waals surface area contributed by atoms with Crippen molar-refractivity contribution in [3.05, 3.63) is 35.9 Å². The first-order chi connectivity index (χ1) is 6.88. The third kappa shape index (κ3) is 3.48. The number of hydrogen-bond acceptors (Lipinski definition) is 1. The van der Waals surface area contributed by atoms with Gasteiger partial charge in [-0.2, -0.15) is 0 Å². The third-order valence-corrected chi connectivity index (χ3v) is 2.43. The van der Waals surface area contributed by atoms with Crippen LogP contribution in [-0.4, -0.2) is 19.8 Å². The van der Waals surface area contributed by atoms with Crippen molar-refractivity contribution in [3.8, 4) is 0 Å². The van der Waals surface area contributed by atoms with Crippen LogP contribution >= 0.6 is 0 Å². The molecule has 3 N–H and O–H groups in total. The first-order valence-electron chi connectivity index (χ1n) is 5.30. The molecule has 78 valence electrons. The average Bonchev–Trinajstić information content (AvgIpc) is 2.26. The van der Waals surface area contributed by atoms with Gasteiger partial charge in [-0.3, -0.25) is 0 Å². The molecule has 0 spiro atoms. The minimum atomic E-state index is 0.544. The molecular formula is C12H20NO+. The van der Waals surface area contributed by atoms with Gasteiger partial charge in [-0.1, -0.05) is 30.3 Å². The molecule has 2 heteroatoms. The fraction of sp³-hybridized carbons (Fsp3) is 0.500. The predicted molar refractivity (Wildman–Crippen MR) is 58.0 cm³/mol. The Morgan fingerprint density at radius 3 is 2.57 bits per heavy atom. The lowest BCUT2D eigenvalue weighted by molar-refractivity contribution is -0.373. The van der Waals surface area contributed by atoms with E-state index in [1.165, 1.54) is 5.56 Å². The second-order valence-electron chi connectivity index (χ2n) is 3.38. The summed E-state index contributed by atoms with van der Waals surface area (Å²) in [5.74, 6) is 0.544. The standard InChI is InChI=1S/C12H19NO/c1-2-14-9-8-12(10-13)11-6-4-3-5-7-11/h3-7,12H,2,8-10,13H2,1H3/p+1/t12-/m1/s1. The Hall–Kier alpha value is -0.860. The van der Waals surface area contributed by atoms with Crippen LogP contribution in [0.25, 0.3) is 0 Å². The monoisotopic (exact) mass is 194 g/mol. The molecule has 0 aliphatic rings. The first kappa shape index (κ1) is 11.2. The smallest absolute Gasteiger partial charge is 0.0810 e. The quantitative estimate of drug-likeness (QED) is 0.683. The molecule has 0 radical (unpaired) electrons. The van der Waals surface area contributed by atoms with Crippen molar-refractivity contribution in [1.82, 2.24) is 0 Å². The molecular weight excluding hydrogens is 174 g/mol. The molecule has 0 saturated heterocycles. The molecule has 1 atom stereocenters. The Kier molecular flexibility index (Phi) is 5.27. The van der Waals surface area contributed by atoms with E-state index in [1.807, 2.05) is 13.0 Å². The minimum absolute atomic E-state index is 0.544. The van der Waals surface area contributed by atoms with Crippen molar-refractivity contribution in [3.63, 3.8) is 0 Å². The van der Waals surface area contributed by atoms with Crippen molar-refractivity contribution in [1.29, 1.82) is 0 Å². The van der Waals surface area contributed by atoms with Crippen LogP contribution in [0.4, 0.5) is 0 Å². The highest BCUT2D eigenvalue weighted by atomic mass is 16.5. The predicted octanol–water partition coefficient (Wildman–Crippen LogP) is 1.44. The zero-order valence-electron chi connectivity index (χ0n) is 8.91. The molecule has 0 aromatic heterocycles. The topological polar surface area (TPSA) is 36.9 Å². The van der Waals surface area contributed by atoms with E-state index in [2.05, 4.69) is 30.0 Å². The van der Waals surface area contributed by atoms with E-state index in [9.17, 15) is 0 Å². The van der Waals surface area contributed by atoms with Crippen LogP contribution in [0, 0.1) is 0 Å². The SMILES string of the molecule is CCOCC[C@H](C[NH3+])c1ccccc1. The van der Waals surface area contributed by atoms with Crippen molar-refractivity contribution in [2.75, 3.05) is 19.8 Å². The fourth-order valence-electron chi connectivity index (χ4n) is 1.57. The Morgan fingerprint density at radius 2 is 2.00 bits per heavy atom. The van der Waals surface area contributed by atoms with Gasteiger partial charge in [0, 0.05) is 19.1 Å². The normalized spacial score (nSPS) is 12.7. The van der Waals surface area contributed by atoms with Gasteiger partial charge in [0.2, 0.25) is 0 Å². The summed E-state index contributed by atoms with van der Waals surface area (Å²) < 4.78 is 5.36. The van der Waals surface area contributed by atoms with Gasteiger partial charge < -0.3 is 10.5 Å². The van der Waals surface area contributed by atoms with Crippen molar-refractivity contribution >= 4 is 0 Å². The van der Waals surface area contributed by atoms with Crippen LogP contribution in [0.5, 0.6) is 0 Å². The number of rotatable bonds is 6. The number of quaternary nitrogens is 1. The molecule has 0 bridgehead atoms.